The molecule has 0 spiro atoms. The molecule has 0 unspecified atom stereocenters. The number of nitrogens with zero attached hydrogens (tertiary/aromatic N) is 1. The Kier molecular flexibility index (Phi) is 5.56. The predicted molar refractivity (Wildman–Crippen MR) is 80.1 cm³/mol. The highest BCUT2D eigenvalue weighted by atomic mass is 19.1. The molecule has 0 atom stereocenters. The maximum Gasteiger partial charge on any atom is 0.260 e. The van der Waals surface area contributed by atoms with Crippen molar-refractivity contribution in [2.24, 2.45) is 5.92 Å². The summed E-state index contributed by atoms with van der Waals surface area (Å²) in [5.74, 6) is -0.0363. The van der Waals surface area contributed by atoms with Gasteiger partial charge in [-0.1, -0.05) is 6.07 Å². The topological polar surface area (TPSA) is 41.6 Å². The molecule has 1 heterocycles. The molecule has 0 saturated carbocycles. The quantitative estimate of drug-likeness (QED) is 0.906. The number of rotatable bonds is 5. The van der Waals surface area contributed by atoms with E-state index < -0.39 is 5.82 Å². The Labute approximate surface area is 125 Å². The summed E-state index contributed by atoms with van der Waals surface area (Å²) in [6.45, 7) is 5.14. The zero-order chi connectivity index (χ0) is 15.2. The lowest BCUT2D eigenvalue weighted by Gasteiger charge is -2.29. The van der Waals surface area contributed by atoms with Crippen molar-refractivity contribution in [1.82, 2.24) is 10.2 Å². The molecule has 1 amide bonds. The van der Waals surface area contributed by atoms with Crippen molar-refractivity contribution >= 4 is 5.91 Å². The second-order valence-electron chi connectivity index (χ2n) is 5.35. The number of piperidine rings is 1. The molecule has 1 aromatic rings. The molecule has 1 aliphatic heterocycles. The molecule has 2 rings (SSSR count). The van der Waals surface area contributed by atoms with E-state index in [1.807, 2.05) is 6.92 Å². The third-order valence-corrected chi connectivity index (χ3v) is 4.02. The van der Waals surface area contributed by atoms with Gasteiger partial charge in [0.1, 0.15) is 17.1 Å². The third-order valence-electron chi connectivity index (χ3n) is 4.02. The normalized spacial score (nSPS) is 15.8. The lowest BCUT2D eigenvalue weighted by Crippen LogP contribution is -2.39. The summed E-state index contributed by atoms with van der Waals surface area (Å²) in [4.78, 5) is 14.4. The van der Waals surface area contributed by atoms with Crippen LogP contribution < -0.4 is 10.1 Å². The molecule has 21 heavy (non-hydrogen) atoms. The number of hydrogen-bond acceptors (Lipinski definition) is 3. The van der Waals surface area contributed by atoms with Gasteiger partial charge in [-0.15, -0.1) is 0 Å². The summed E-state index contributed by atoms with van der Waals surface area (Å²) in [7, 11) is 1.45. The van der Waals surface area contributed by atoms with Crippen molar-refractivity contribution in [3.05, 3.63) is 29.6 Å². The van der Waals surface area contributed by atoms with E-state index in [9.17, 15) is 9.18 Å². The number of amides is 1. The Morgan fingerprint density at radius 1 is 1.43 bits per heavy atom. The van der Waals surface area contributed by atoms with E-state index >= 15 is 0 Å². The van der Waals surface area contributed by atoms with Gasteiger partial charge in [0.25, 0.3) is 5.91 Å². The zero-order valence-corrected chi connectivity index (χ0v) is 12.7. The molecule has 116 valence electrons. The van der Waals surface area contributed by atoms with Gasteiger partial charge in [-0.3, -0.25) is 4.79 Å². The van der Waals surface area contributed by atoms with E-state index in [0.717, 1.165) is 25.9 Å². The van der Waals surface area contributed by atoms with E-state index in [-0.39, 0.29) is 11.5 Å². The van der Waals surface area contributed by atoms with Crippen molar-refractivity contribution in [1.29, 1.82) is 0 Å². The first-order valence-electron chi connectivity index (χ1n) is 7.49. The summed E-state index contributed by atoms with van der Waals surface area (Å²) in [5.41, 5.74) is 0.0378. The van der Waals surface area contributed by atoms with E-state index in [1.165, 1.54) is 13.2 Å². The number of hydrogen-bond donors (Lipinski definition) is 1. The van der Waals surface area contributed by atoms with Crippen molar-refractivity contribution < 1.29 is 13.9 Å². The molecule has 1 saturated heterocycles. The monoisotopic (exact) mass is 294 g/mol. The van der Waals surface area contributed by atoms with Gasteiger partial charge < -0.3 is 15.0 Å². The highest BCUT2D eigenvalue weighted by Crippen LogP contribution is 2.24. The molecule has 0 aromatic heterocycles. The maximum absolute atomic E-state index is 14.0. The summed E-state index contributed by atoms with van der Waals surface area (Å²) >= 11 is 0. The zero-order valence-electron chi connectivity index (χ0n) is 12.7. The van der Waals surface area contributed by atoms with Gasteiger partial charge in [-0.05, 0) is 50.9 Å². The molecule has 0 radical (unpaired) electrons. The molecular weight excluding hydrogens is 271 g/mol. The number of carbonyl (C=O) groups excluding carboxylic acids is 1. The molecule has 1 fully saturated rings. The minimum Gasteiger partial charge on any atom is -0.496 e. The van der Waals surface area contributed by atoms with Gasteiger partial charge >= 0.3 is 0 Å². The third kappa shape index (κ3) is 3.73. The van der Waals surface area contributed by atoms with Gasteiger partial charge in [-0.25, -0.2) is 4.39 Å². The summed E-state index contributed by atoms with van der Waals surface area (Å²) in [6.07, 6.45) is 2.11. The largest absolute Gasteiger partial charge is 0.496 e. The minimum atomic E-state index is -0.525. The fourth-order valence-corrected chi connectivity index (χ4v) is 2.77. The fraction of sp³-hybridized carbons (Fsp3) is 0.562. The number of benzene rings is 1. The minimum absolute atomic E-state index is 0.0378. The number of methoxy groups -OCH3 is 1. The lowest BCUT2D eigenvalue weighted by atomic mass is 9.97. The number of ether oxygens (including phenoxy) is 1. The van der Waals surface area contributed by atoms with E-state index in [4.69, 9.17) is 4.74 Å². The van der Waals surface area contributed by atoms with Crippen molar-refractivity contribution in [2.75, 3.05) is 33.3 Å². The average Bonchev–Trinajstić information content (AvgIpc) is 2.52. The number of nitrogens with one attached hydrogen (secondary N) is 1. The van der Waals surface area contributed by atoms with Crippen LogP contribution in [0.15, 0.2) is 18.2 Å². The Morgan fingerprint density at radius 2 is 2.14 bits per heavy atom. The van der Waals surface area contributed by atoms with Gasteiger partial charge in [0.05, 0.1) is 7.11 Å². The molecular formula is C16H23FN2O2. The Morgan fingerprint density at radius 3 is 2.76 bits per heavy atom. The SMILES string of the molecule is CCN(CC1CCNCC1)C(=O)c1c(F)cccc1OC. The standard InChI is InChI=1S/C16H23FN2O2/c1-3-19(11-12-7-9-18-10-8-12)16(20)15-13(17)5-4-6-14(15)21-2/h4-6,12,18H,3,7-11H2,1-2H3. The second kappa shape index (κ2) is 7.41. The molecule has 4 nitrogen and oxygen atoms in total. The van der Waals surface area contributed by atoms with Crippen molar-refractivity contribution in [2.45, 2.75) is 19.8 Å². The Hall–Kier alpha value is -1.62. The summed E-state index contributed by atoms with van der Waals surface area (Å²) in [5, 5.41) is 3.31. The molecule has 0 bridgehead atoms. The highest BCUT2D eigenvalue weighted by Gasteiger charge is 2.25. The van der Waals surface area contributed by atoms with Gasteiger partial charge in [0.2, 0.25) is 0 Å². The summed E-state index contributed by atoms with van der Waals surface area (Å²) < 4.78 is 19.2. The van der Waals surface area contributed by atoms with Crippen molar-refractivity contribution in [3.8, 4) is 5.75 Å². The smallest absolute Gasteiger partial charge is 0.260 e. The molecule has 1 aliphatic rings. The van der Waals surface area contributed by atoms with Gasteiger partial charge in [-0.2, -0.15) is 0 Å². The van der Waals surface area contributed by atoms with E-state index in [0.29, 0.717) is 24.8 Å². The van der Waals surface area contributed by atoms with Crippen LogP contribution in [-0.4, -0.2) is 44.1 Å². The first kappa shape index (κ1) is 15.8. The van der Waals surface area contributed by atoms with Crippen molar-refractivity contribution in [3.63, 3.8) is 0 Å². The van der Waals surface area contributed by atoms with E-state index in [1.54, 1.807) is 17.0 Å². The van der Waals surface area contributed by atoms with Crippen LogP contribution >= 0.6 is 0 Å². The van der Waals surface area contributed by atoms with Crippen LogP contribution in [-0.2, 0) is 0 Å². The lowest BCUT2D eigenvalue weighted by molar-refractivity contribution is 0.0718. The van der Waals surface area contributed by atoms with Crippen LogP contribution in [0.4, 0.5) is 4.39 Å². The molecule has 0 aliphatic carbocycles. The van der Waals surface area contributed by atoms with Crippen LogP contribution in [0.25, 0.3) is 0 Å². The summed E-state index contributed by atoms with van der Waals surface area (Å²) in [6, 6.07) is 4.47. The Bertz CT molecular complexity index is 487. The Balaban J connectivity index is 2.16. The second-order valence-corrected chi connectivity index (χ2v) is 5.35. The van der Waals surface area contributed by atoms with Crippen LogP contribution in [0.3, 0.4) is 0 Å². The van der Waals surface area contributed by atoms with Crippen LogP contribution in [0.5, 0.6) is 5.75 Å². The molecule has 1 N–H and O–H groups in total. The number of carbonyl (C=O) groups is 1. The average molecular weight is 294 g/mol. The van der Waals surface area contributed by atoms with E-state index in [2.05, 4.69) is 5.32 Å². The first-order valence-corrected chi connectivity index (χ1v) is 7.49. The highest BCUT2D eigenvalue weighted by molar-refractivity contribution is 5.97. The van der Waals surface area contributed by atoms with Crippen LogP contribution in [0.1, 0.15) is 30.1 Å². The van der Waals surface area contributed by atoms with Gasteiger partial charge in [0.15, 0.2) is 0 Å². The van der Waals surface area contributed by atoms with Crippen LogP contribution in [0.2, 0.25) is 0 Å². The first-order chi connectivity index (χ1) is 10.2. The predicted octanol–water partition coefficient (Wildman–Crippen LogP) is 2.30. The fourth-order valence-electron chi connectivity index (χ4n) is 2.77. The maximum atomic E-state index is 14.0. The number of halogens is 1. The van der Waals surface area contributed by atoms with Crippen LogP contribution in [0, 0.1) is 11.7 Å². The molecule has 5 heteroatoms. The molecule has 1 aromatic carbocycles. The van der Waals surface area contributed by atoms with Gasteiger partial charge in [0, 0.05) is 13.1 Å².